The van der Waals surface area contributed by atoms with Crippen molar-refractivity contribution in [1.82, 2.24) is 15.2 Å². The van der Waals surface area contributed by atoms with Crippen LogP contribution in [-0.2, 0) is 0 Å². The molecule has 1 aromatic carbocycles. The van der Waals surface area contributed by atoms with Gasteiger partial charge in [-0.05, 0) is 18.2 Å². The van der Waals surface area contributed by atoms with Crippen LogP contribution in [0.4, 0.5) is 5.82 Å². The monoisotopic (exact) mass is 320 g/mol. The summed E-state index contributed by atoms with van der Waals surface area (Å²) in [7, 11) is 0. The average molecular weight is 321 g/mol. The Labute approximate surface area is 129 Å². The normalized spacial score (nSPS) is 10.8. The minimum Gasteiger partial charge on any atom is -0.382 e. The highest BCUT2D eigenvalue weighted by Crippen LogP contribution is 2.41. The zero-order chi connectivity index (χ0) is 15.0. The van der Waals surface area contributed by atoms with Gasteiger partial charge < -0.3 is 10.7 Å². The molecule has 7 heteroatoms. The van der Waals surface area contributed by atoms with Crippen molar-refractivity contribution in [3.63, 3.8) is 0 Å². The molecule has 0 fully saturated rings. The summed E-state index contributed by atoms with van der Waals surface area (Å²) in [5.41, 5.74) is 7.96. The van der Waals surface area contributed by atoms with Gasteiger partial charge in [0.05, 0.1) is 27.0 Å². The van der Waals surface area contributed by atoms with Crippen LogP contribution in [0.3, 0.4) is 0 Å². The average Bonchev–Trinajstić information content (AvgIpc) is 2.81. The molecule has 21 heavy (non-hydrogen) atoms. The number of hydrogen-bond donors (Lipinski definition) is 3. The van der Waals surface area contributed by atoms with Crippen LogP contribution < -0.4 is 11.3 Å². The maximum absolute atomic E-state index is 11.5. The molecule has 0 atom stereocenters. The van der Waals surface area contributed by atoms with Crippen LogP contribution in [0.2, 0.25) is 10.0 Å². The Balaban J connectivity index is 2.30. The molecule has 0 radical (unpaired) electrons. The number of nitrogens with zero attached hydrogens (tertiary/aromatic N) is 1. The third kappa shape index (κ3) is 2.41. The van der Waals surface area contributed by atoms with Crippen molar-refractivity contribution < 1.29 is 0 Å². The molecular weight excluding hydrogens is 311 g/mol. The van der Waals surface area contributed by atoms with Crippen molar-refractivity contribution in [2.24, 2.45) is 0 Å². The lowest BCUT2D eigenvalue weighted by Gasteiger charge is -2.08. The highest BCUT2D eigenvalue weighted by molar-refractivity contribution is 6.39. The van der Waals surface area contributed by atoms with Crippen molar-refractivity contribution >= 4 is 29.0 Å². The number of rotatable bonds is 2. The van der Waals surface area contributed by atoms with Crippen molar-refractivity contribution in [3.8, 4) is 22.5 Å². The number of nitrogen functional groups attached to an aromatic ring is 1. The highest BCUT2D eigenvalue weighted by Gasteiger charge is 2.20. The fourth-order valence-corrected chi connectivity index (χ4v) is 2.72. The molecule has 0 saturated carbocycles. The molecule has 106 valence electrons. The number of anilines is 1. The van der Waals surface area contributed by atoms with Crippen LogP contribution in [0.25, 0.3) is 22.5 Å². The first-order chi connectivity index (χ1) is 10.1. The molecule has 0 aliphatic carbocycles. The van der Waals surface area contributed by atoms with Crippen LogP contribution in [0.5, 0.6) is 0 Å². The van der Waals surface area contributed by atoms with E-state index in [0.29, 0.717) is 32.6 Å². The molecule has 4 N–H and O–H groups in total. The quantitative estimate of drug-likeness (QED) is 0.676. The standard InChI is InChI=1S/C14H10Cl2N4O/c15-7-3-1-4-8(16)11(7)12-13(19-20-14(12)17)9-5-2-6-10(21)18-9/h1-6H,(H,18,21)(H3,17,19,20). The maximum Gasteiger partial charge on any atom is 0.248 e. The number of H-pyrrole nitrogens is 2. The summed E-state index contributed by atoms with van der Waals surface area (Å²) in [5, 5.41) is 7.71. The smallest absolute Gasteiger partial charge is 0.248 e. The van der Waals surface area contributed by atoms with Gasteiger partial charge in [-0.3, -0.25) is 9.89 Å². The second kappa shape index (κ2) is 5.27. The van der Waals surface area contributed by atoms with E-state index in [2.05, 4.69) is 15.2 Å². The first kappa shape index (κ1) is 13.7. The molecule has 0 saturated heterocycles. The van der Waals surface area contributed by atoms with Gasteiger partial charge in [-0.25, -0.2) is 0 Å². The minimum atomic E-state index is -0.225. The summed E-state index contributed by atoms with van der Waals surface area (Å²) >= 11 is 12.5. The van der Waals surface area contributed by atoms with E-state index in [4.69, 9.17) is 28.9 Å². The molecule has 0 amide bonds. The van der Waals surface area contributed by atoms with Gasteiger partial charge in [0.1, 0.15) is 0 Å². The molecule has 5 nitrogen and oxygen atoms in total. The van der Waals surface area contributed by atoms with Gasteiger partial charge in [-0.1, -0.05) is 35.3 Å². The van der Waals surface area contributed by atoms with Crippen molar-refractivity contribution in [3.05, 3.63) is 56.8 Å². The number of nitrogens with one attached hydrogen (secondary N) is 2. The first-order valence-corrected chi connectivity index (χ1v) is 6.81. The summed E-state index contributed by atoms with van der Waals surface area (Å²) < 4.78 is 0. The Morgan fingerprint density at radius 1 is 1.00 bits per heavy atom. The third-order valence-electron chi connectivity index (χ3n) is 3.04. The Hall–Kier alpha value is -2.24. The number of hydrogen-bond acceptors (Lipinski definition) is 3. The molecular formula is C14H10Cl2N4O. The van der Waals surface area contributed by atoms with Gasteiger partial charge in [-0.15, -0.1) is 0 Å². The molecule has 2 aromatic heterocycles. The predicted molar refractivity (Wildman–Crippen MR) is 84.5 cm³/mol. The maximum atomic E-state index is 11.5. The lowest BCUT2D eigenvalue weighted by molar-refractivity contribution is 1.09. The predicted octanol–water partition coefficient (Wildman–Crippen LogP) is 3.32. The summed E-state index contributed by atoms with van der Waals surface area (Å²) in [6.45, 7) is 0. The first-order valence-electron chi connectivity index (χ1n) is 6.06. The van der Waals surface area contributed by atoms with E-state index < -0.39 is 0 Å². The van der Waals surface area contributed by atoms with Gasteiger partial charge in [0.15, 0.2) is 5.82 Å². The molecule has 0 aliphatic heterocycles. The molecule has 0 bridgehead atoms. The van der Waals surface area contributed by atoms with Crippen LogP contribution in [-0.4, -0.2) is 15.2 Å². The number of pyridine rings is 1. The van der Waals surface area contributed by atoms with E-state index in [0.717, 1.165) is 0 Å². The van der Waals surface area contributed by atoms with E-state index in [9.17, 15) is 4.79 Å². The largest absolute Gasteiger partial charge is 0.382 e. The van der Waals surface area contributed by atoms with E-state index in [1.54, 1.807) is 30.3 Å². The van der Waals surface area contributed by atoms with Crippen LogP contribution >= 0.6 is 23.2 Å². The Kier molecular flexibility index (Phi) is 3.45. The van der Waals surface area contributed by atoms with Gasteiger partial charge in [0.25, 0.3) is 0 Å². The van der Waals surface area contributed by atoms with Gasteiger partial charge in [0.2, 0.25) is 5.56 Å². The summed E-state index contributed by atoms with van der Waals surface area (Å²) in [6.07, 6.45) is 0. The second-order valence-electron chi connectivity index (χ2n) is 4.38. The highest BCUT2D eigenvalue weighted by atomic mass is 35.5. The lowest BCUT2D eigenvalue weighted by Crippen LogP contribution is -2.04. The number of nitrogens with two attached hydrogens (primary N) is 1. The number of aromatic nitrogens is 3. The van der Waals surface area contributed by atoms with E-state index >= 15 is 0 Å². The van der Waals surface area contributed by atoms with E-state index in [-0.39, 0.29) is 11.4 Å². The molecule has 0 spiro atoms. The van der Waals surface area contributed by atoms with Gasteiger partial charge in [0, 0.05) is 11.6 Å². The Morgan fingerprint density at radius 2 is 1.67 bits per heavy atom. The zero-order valence-electron chi connectivity index (χ0n) is 10.7. The van der Waals surface area contributed by atoms with Gasteiger partial charge in [-0.2, -0.15) is 5.10 Å². The third-order valence-corrected chi connectivity index (χ3v) is 3.67. The fourth-order valence-electron chi connectivity index (χ4n) is 2.13. The Bertz CT molecular complexity index is 849. The molecule has 3 rings (SSSR count). The van der Waals surface area contributed by atoms with Crippen molar-refractivity contribution in [1.29, 1.82) is 0 Å². The van der Waals surface area contributed by atoms with Crippen LogP contribution in [0.1, 0.15) is 0 Å². The fraction of sp³-hybridized carbons (Fsp3) is 0. The SMILES string of the molecule is Nc1n[nH]c(-c2cccc(=O)[nH]2)c1-c1c(Cl)cccc1Cl. The number of benzene rings is 1. The summed E-state index contributed by atoms with van der Waals surface area (Å²) in [5.74, 6) is 0.254. The number of halogens is 2. The van der Waals surface area contributed by atoms with E-state index in [1.807, 2.05) is 0 Å². The van der Waals surface area contributed by atoms with Crippen molar-refractivity contribution in [2.75, 3.05) is 5.73 Å². The molecule has 3 aromatic rings. The van der Waals surface area contributed by atoms with Gasteiger partial charge >= 0.3 is 0 Å². The summed E-state index contributed by atoms with van der Waals surface area (Å²) in [6, 6.07) is 9.98. The second-order valence-corrected chi connectivity index (χ2v) is 5.20. The molecule has 0 unspecified atom stereocenters. The summed E-state index contributed by atoms with van der Waals surface area (Å²) in [4.78, 5) is 14.2. The lowest BCUT2D eigenvalue weighted by atomic mass is 10.0. The van der Waals surface area contributed by atoms with E-state index in [1.165, 1.54) is 6.07 Å². The van der Waals surface area contributed by atoms with Crippen molar-refractivity contribution in [2.45, 2.75) is 0 Å². The zero-order valence-corrected chi connectivity index (χ0v) is 12.2. The number of aromatic amines is 2. The molecule has 2 heterocycles. The Morgan fingerprint density at radius 3 is 2.33 bits per heavy atom. The topological polar surface area (TPSA) is 87.6 Å². The van der Waals surface area contributed by atoms with Crippen LogP contribution in [0.15, 0.2) is 41.2 Å². The minimum absolute atomic E-state index is 0.225. The molecule has 0 aliphatic rings. The van der Waals surface area contributed by atoms with Crippen LogP contribution in [0, 0.1) is 0 Å².